The monoisotopic (exact) mass is 705 g/mol. The smallest absolute Gasteiger partial charge is 0.245 e. The number of carbonyl (C=O) groups is 5. The first-order valence-electron chi connectivity index (χ1n) is 12.8. The first-order valence-corrected chi connectivity index (χ1v) is 15.0. The fourth-order valence-corrected chi connectivity index (χ4v) is 3.19. The molecule has 40 heavy (non-hydrogen) atoms. The Morgan fingerprint density at radius 3 is 1.65 bits per heavy atom. The molecule has 0 unspecified atom stereocenters. The van der Waals surface area contributed by atoms with Gasteiger partial charge in [0.15, 0.2) is 0 Å². The molecule has 0 radical (unpaired) electrons. The molecule has 5 amide bonds. The number of hydroxylamine groups is 1. The number of rotatable bonds is 26. The van der Waals surface area contributed by atoms with Crippen LogP contribution in [0, 0.1) is 0 Å². The van der Waals surface area contributed by atoms with Gasteiger partial charge in [0.1, 0.15) is 6.04 Å². The third-order valence-electron chi connectivity index (χ3n) is 4.82. The molecule has 0 heterocycles. The number of halogens is 2. The molecule has 0 aliphatic carbocycles. The lowest BCUT2D eigenvalue weighted by Gasteiger charge is -2.18. The molecule has 0 fully saturated rings. The second-order valence-corrected chi connectivity index (χ2v) is 9.13. The van der Waals surface area contributed by atoms with Gasteiger partial charge in [0.05, 0.1) is 69.9 Å². The first-order chi connectivity index (χ1) is 19.3. The summed E-state index contributed by atoms with van der Waals surface area (Å²) in [7, 11) is 0. The number of amides is 5. The highest BCUT2D eigenvalue weighted by molar-refractivity contribution is 9.09. The topological polar surface area (TPSA) is 203 Å². The number of carbonyl (C=O) groups excluding carboxylic acids is 5. The molecule has 0 aliphatic heterocycles. The summed E-state index contributed by atoms with van der Waals surface area (Å²) in [5.74, 6) is -1.50. The summed E-state index contributed by atoms with van der Waals surface area (Å²) in [6.45, 7) is 3.14. The minimum Gasteiger partial charge on any atom is -0.379 e. The van der Waals surface area contributed by atoms with Gasteiger partial charge in [0.2, 0.25) is 29.5 Å². The minimum absolute atomic E-state index is 0.0578. The zero-order valence-corrected chi connectivity index (χ0v) is 25.6. The predicted octanol–water partition coefficient (Wildman–Crippen LogP) is -1.26. The van der Waals surface area contributed by atoms with Crippen LogP contribution in [0.3, 0.4) is 0 Å². The second-order valence-electron chi connectivity index (χ2n) is 8.00. The number of ether oxygens (including phenoxy) is 4. The average molecular weight is 707 g/mol. The molecule has 17 heteroatoms. The normalized spacial score (nSPS) is 11.4. The van der Waals surface area contributed by atoms with Crippen LogP contribution in [0.1, 0.15) is 25.7 Å². The number of alkyl halides is 2. The van der Waals surface area contributed by atoms with Gasteiger partial charge in [-0.3, -0.25) is 29.2 Å². The number of hydrogen-bond acceptors (Lipinski definition) is 10. The summed E-state index contributed by atoms with van der Waals surface area (Å²) in [5, 5.41) is 19.4. The third-order valence-corrected chi connectivity index (χ3v) is 5.83. The lowest BCUT2D eigenvalue weighted by Crippen LogP contribution is -2.48. The predicted molar refractivity (Wildman–Crippen MR) is 150 cm³/mol. The molecule has 0 aromatic carbocycles. The zero-order chi connectivity index (χ0) is 29.8. The second kappa shape index (κ2) is 27.3. The van der Waals surface area contributed by atoms with Crippen molar-refractivity contribution >= 4 is 61.4 Å². The van der Waals surface area contributed by atoms with Crippen LogP contribution in [0.25, 0.3) is 0 Å². The van der Waals surface area contributed by atoms with E-state index in [9.17, 15) is 24.0 Å². The van der Waals surface area contributed by atoms with E-state index in [4.69, 9.17) is 24.2 Å². The highest BCUT2D eigenvalue weighted by atomic mass is 79.9. The van der Waals surface area contributed by atoms with Crippen LogP contribution in [0.5, 0.6) is 0 Å². The van der Waals surface area contributed by atoms with Crippen molar-refractivity contribution < 1.29 is 48.1 Å². The molecule has 0 spiro atoms. The zero-order valence-electron chi connectivity index (χ0n) is 22.5. The number of hydrogen-bond donors (Lipinski definition) is 6. The van der Waals surface area contributed by atoms with E-state index >= 15 is 0 Å². The largest absolute Gasteiger partial charge is 0.379 e. The molecule has 232 valence electrons. The minimum atomic E-state index is -0.722. The average Bonchev–Trinajstić information content (AvgIpc) is 2.96. The lowest BCUT2D eigenvalue weighted by atomic mass is 10.1. The maximum absolute atomic E-state index is 12.4. The van der Waals surface area contributed by atoms with E-state index in [-0.39, 0.29) is 86.7 Å². The standard InChI is InChI=1S/C23H41Br2N5O10/c24-16-21(33)26-5-1-2-18(29-22(34)17-25)23(35)28-7-11-40-15-12-37-8-3-19(31)27-6-10-39-14-13-38-9-4-20(32)30-36/h18,36H,1-17H2,(H,26,33)(H,27,31)(H,28,35)(H,29,34)(H,30,32)/t18-/m0/s1. The number of nitrogens with one attached hydrogen (secondary N) is 5. The maximum Gasteiger partial charge on any atom is 0.245 e. The van der Waals surface area contributed by atoms with Crippen molar-refractivity contribution in [2.24, 2.45) is 0 Å². The summed E-state index contributed by atoms with van der Waals surface area (Å²) in [5.41, 5.74) is 1.51. The molecule has 15 nitrogen and oxygen atoms in total. The quantitative estimate of drug-likeness (QED) is 0.0273. The van der Waals surface area contributed by atoms with Gasteiger partial charge in [-0.25, -0.2) is 5.48 Å². The van der Waals surface area contributed by atoms with Gasteiger partial charge in [-0.05, 0) is 12.8 Å². The van der Waals surface area contributed by atoms with Gasteiger partial charge in [0, 0.05) is 26.1 Å². The van der Waals surface area contributed by atoms with Crippen LogP contribution in [0.15, 0.2) is 0 Å². The first kappa shape index (κ1) is 38.1. The SMILES string of the molecule is O=C(CCOCCOCCNC(=O)CCOCCOCCNC(=O)[C@H](CCCNC(=O)CBr)NC(=O)CBr)NO. The molecule has 6 N–H and O–H groups in total. The maximum atomic E-state index is 12.4. The highest BCUT2D eigenvalue weighted by Crippen LogP contribution is 1.99. The Balaban J connectivity index is 3.73. The molecule has 0 aromatic rings. The molecular formula is C23H41Br2N5O10. The fraction of sp³-hybridized carbons (Fsp3) is 0.783. The van der Waals surface area contributed by atoms with E-state index < -0.39 is 11.9 Å². The van der Waals surface area contributed by atoms with Gasteiger partial charge in [-0.1, -0.05) is 31.9 Å². The third kappa shape index (κ3) is 24.0. The summed E-state index contributed by atoms with van der Waals surface area (Å²) < 4.78 is 21.2. The Bertz CT molecular complexity index is 736. The molecule has 0 aliphatic rings. The van der Waals surface area contributed by atoms with Crippen LogP contribution < -0.4 is 26.7 Å². The van der Waals surface area contributed by atoms with Gasteiger partial charge in [0.25, 0.3) is 0 Å². The molecule has 0 saturated heterocycles. The van der Waals surface area contributed by atoms with Gasteiger partial charge in [-0.15, -0.1) is 0 Å². The summed E-state index contributed by atoms with van der Waals surface area (Å²) in [4.78, 5) is 57.9. The summed E-state index contributed by atoms with van der Waals surface area (Å²) in [6.07, 6.45) is 1.13. The van der Waals surface area contributed by atoms with Crippen molar-refractivity contribution in [1.82, 2.24) is 26.7 Å². The van der Waals surface area contributed by atoms with E-state index in [1.165, 1.54) is 5.48 Å². The molecule has 0 aromatic heterocycles. The Hall–Kier alpha value is -1.89. The van der Waals surface area contributed by atoms with Crippen LogP contribution in [-0.4, -0.2) is 124 Å². The lowest BCUT2D eigenvalue weighted by molar-refractivity contribution is -0.130. The van der Waals surface area contributed by atoms with Crippen LogP contribution >= 0.6 is 31.9 Å². The van der Waals surface area contributed by atoms with E-state index in [2.05, 4.69) is 53.1 Å². The Kier molecular flexibility index (Phi) is 26.0. The summed E-state index contributed by atoms with van der Waals surface area (Å²) in [6, 6.07) is -0.722. The van der Waals surface area contributed by atoms with Crippen molar-refractivity contribution in [3.63, 3.8) is 0 Å². The van der Waals surface area contributed by atoms with Crippen LogP contribution in [0.2, 0.25) is 0 Å². The van der Waals surface area contributed by atoms with Gasteiger partial charge >= 0.3 is 0 Å². The molecule has 0 saturated carbocycles. The Morgan fingerprint density at radius 2 is 1.10 bits per heavy atom. The van der Waals surface area contributed by atoms with Crippen molar-refractivity contribution in [2.75, 3.05) is 83.1 Å². The van der Waals surface area contributed by atoms with E-state index in [1.54, 1.807) is 0 Å². The highest BCUT2D eigenvalue weighted by Gasteiger charge is 2.19. The van der Waals surface area contributed by atoms with Gasteiger partial charge < -0.3 is 40.2 Å². The molecule has 0 rings (SSSR count). The van der Waals surface area contributed by atoms with Crippen molar-refractivity contribution in [1.29, 1.82) is 0 Å². The van der Waals surface area contributed by atoms with Crippen molar-refractivity contribution in [3.05, 3.63) is 0 Å². The Morgan fingerprint density at radius 1 is 0.600 bits per heavy atom. The van der Waals surface area contributed by atoms with Crippen LogP contribution in [0.4, 0.5) is 0 Å². The van der Waals surface area contributed by atoms with Gasteiger partial charge in [-0.2, -0.15) is 0 Å². The molecule has 1 atom stereocenters. The van der Waals surface area contributed by atoms with Crippen molar-refractivity contribution in [3.8, 4) is 0 Å². The Labute approximate surface area is 250 Å². The summed E-state index contributed by atoms with van der Waals surface area (Å²) >= 11 is 6.11. The van der Waals surface area contributed by atoms with E-state index in [1.807, 2.05) is 0 Å². The molecular weight excluding hydrogens is 666 g/mol. The molecule has 0 bridgehead atoms. The fourth-order valence-electron chi connectivity index (χ4n) is 2.83. The van der Waals surface area contributed by atoms with E-state index in [0.29, 0.717) is 45.8 Å². The van der Waals surface area contributed by atoms with E-state index in [0.717, 1.165) is 0 Å². The van der Waals surface area contributed by atoms with Crippen LogP contribution in [-0.2, 0) is 42.9 Å². The van der Waals surface area contributed by atoms with Crippen molar-refractivity contribution in [2.45, 2.75) is 31.7 Å².